The molecule has 1 aromatic carbocycles. The van der Waals surface area contributed by atoms with Crippen LogP contribution in [0, 0.1) is 19.7 Å². The fourth-order valence-corrected chi connectivity index (χ4v) is 3.30. The molecule has 108 valence electrons. The van der Waals surface area contributed by atoms with Gasteiger partial charge in [0.15, 0.2) is 0 Å². The molecule has 0 saturated carbocycles. The zero-order valence-corrected chi connectivity index (χ0v) is 13.1. The molecule has 1 unspecified atom stereocenters. The van der Waals surface area contributed by atoms with Crippen molar-refractivity contribution in [2.24, 2.45) is 0 Å². The second kappa shape index (κ2) is 6.95. The minimum Gasteiger partial charge on any atom is -0.314 e. The molecule has 2 nitrogen and oxygen atoms in total. The van der Waals surface area contributed by atoms with Crippen molar-refractivity contribution >= 4 is 11.3 Å². The van der Waals surface area contributed by atoms with Crippen molar-refractivity contribution in [3.63, 3.8) is 0 Å². The van der Waals surface area contributed by atoms with Gasteiger partial charge >= 0.3 is 0 Å². The Morgan fingerprint density at radius 1 is 1.30 bits per heavy atom. The average molecular weight is 292 g/mol. The number of rotatable bonds is 6. The van der Waals surface area contributed by atoms with Crippen LogP contribution < -0.4 is 5.32 Å². The summed E-state index contributed by atoms with van der Waals surface area (Å²) in [5.41, 5.74) is 2.15. The van der Waals surface area contributed by atoms with Gasteiger partial charge in [0.2, 0.25) is 0 Å². The Hall–Kier alpha value is -1.26. The van der Waals surface area contributed by atoms with Gasteiger partial charge in [0.1, 0.15) is 5.82 Å². The summed E-state index contributed by atoms with van der Waals surface area (Å²) in [6.07, 6.45) is 1.72. The first kappa shape index (κ1) is 15.1. The van der Waals surface area contributed by atoms with E-state index in [-0.39, 0.29) is 5.82 Å². The van der Waals surface area contributed by atoms with Gasteiger partial charge in [-0.3, -0.25) is 0 Å². The molecule has 0 bridgehead atoms. The summed E-state index contributed by atoms with van der Waals surface area (Å²) >= 11 is 1.76. The molecule has 4 heteroatoms. The standard InChI is InChI=1S/C16H21FN2S/c1-4-18-15(9-13-6-5-7-14(17)8-13)10-16-19-11(2)12(3)20-16/h5-8,15,18H,4,9-10H2,1-3H3. The van der Waals surface area contributed by atoms with Crippen molar-refractivity contribution in [2.75, 3.05) is 6.54 Å². The quantitative estimate of drug-likeness (QED) is 0.879. The van der Waals surface area contributed by atoms with Gasteiger partial charge < -0.3 is 5.32 Å². The van der Waals surface area contributed by atoms with Crippen LogP contribution in [0.4, 0.5) is 4.39 Å². The summed E-state index contributed by atoms with van der Waals surface area (Å²) < 4.78 is 13.3. The predicted molar refractivity (Wildman–Crippen MR) is 82.9 cm³/mol. The van der Waals surface area contributed by atoms with Crippen LogP contribution in [0.5, 0.6) is 0 Å². The van der Waals surface area contributed by atoms with Gasteiger partial charge in [-0.05, 0) is 44.5 Å². The fourth-order valence-electron chi connectivity index (χ4n) is 2.29. The first-order valence-electron chi connectivity index (χ1n) is 6.99. The Morgan fingerprint density at radius 2 is 2.10 bits per heavy atom. The van der Waals surface area contributed by atoms with E-state index in [9.17, 15) is 4.39 Å². The fraction of sp³-hybridized carbons (Fsp3) is 0.438. The largest absolute Gasteiger partial charge is 0.314 e. The van der Waals surface area contributed by atoms with Gasteiger partial charge in [0.25, 0.3) is 0 Å². The smallest absolute Gasteiger partial charge is 0.123 e. The lowest BCUT2D eigenvalue weighted by Crippen LogP contribution is -2.33. The van der Waals surface area contributed by atoms with Crippen molar-refractivity contribution in [2.45, 2.75) is 39.7 Å². The first-order valence-corrected chi connectivity index (χ1v) is 7.81. The Morgan fingerprint density at radius 3 is 2.70 bits per heavy atom. The summed E-state index contributed by atoms with van der Waals surface area (Å²) in [5, 5.41) is 4.63. The second-order valence-corrected chi connectivity index (χ2v) is 6.33. The summed E-state index contributed by atoms with van der Waals surface area (Å²) in [6.45, 7) is 7.15. The van der Waals surface area contributed by atoms with E-state index in [1.165, 1.54) is 10.9 Å². The minimum atomic E-state index is -0.168. The monoisotopic (exact) mass is 292 g/mol. The molecule has 0 aliphatic carbocycles. The number of nitrogens with zero attached hydrogens (tertiary/aromatic N) is 1. The number of thiazole rings is 1. The average Bonchev–Trinajstić information content (AvgIpc) is 2.68. The van der Waals surface area contributed by atoms with Crippen LogP contribution in [0.2, 0.25) is 0 Å². The highest BCUT2D eigenvalue weighted by Gasteiger charge is 2.13. The minimum absolute atomic E-state index is 0.168. The topological polar surface area (TPSA) is 24.9 Å². The molecular formula is C16H21FN2S. The van der Waals surface area contributed by atoms with Gasteiger partial charge in [-0.15, -0.1) is 11.3 Å². The Bertz CT molecular complexity index is 546. The normalized spacial score (nSPS) is 12.6. The van der Waals surface area contributed by atoms with E-state index in [0.29, 0.717) is 6.04 Å². The third kappa shape index (κ3) is 4.12. The maximum absolute atomic E-state index is 13.3. The van der Waals surface area contributed by atoms with Crippen LogP contribution in [0.15, 0.2) is 24.3 Å². The maximum atomic E-state index is 13.3. The Kier molecular flexibility index (Phi) is 5.26. The molecule has 2 rings (SSSR count). The van der Waals surface area contributed by atoms with Crippen LogP contribution in [0.25, 0.3) is 0 Å². The number of likely N-dealkylation sites (N-methyl/N-ethyl adjacent to an activating group) is 1. The molecule has 20 heavy (non-hydrogen) atoms. The van der Waals surface area contributed by atoms with Gasteiger partial charge in [0.05, 0.1) is 10.7 Å². The molecule has 2 aromatic rings. The molecule has 1 atom stereocenters. The summed E-state index contributed by atoms with van der Waals surface area (Å²) in [4.78, 5) is 5.87. The molecular weight excluding hydrogens is 271 g/mol. The maximum Gasteiger partial charge on any atom is 0.123 e. The Labute approximate surface area is 124 Å². The zero-order valence-electron chi connectivity index (χ0n) is 12.2. The number of benzene rings is 1. The second-order valence-electron chi connectivity index (χ2n) is 5.04. The van der Waals surface area contributed by atoms with Crippen molar-refractivity contribution < 1.29 is 4.39 Å². The van der Waals surface area contributed by atoms with Gasteiger partial charge in [0, 0.05) is 17.3 Å². The first-order chi connectivity index (χ1) is 9.58. The third-order valence-electron chi connectivity index (χ3n) is 3.36. The van der Waals surface area contributed by atoms with E-state index < -0.39 is 0 Å². The SMILES string of the molecule is CCNC(Cc1cccc(F)c1)Cc1nc(C)c(C)s1. The van der Waals surface area contributed by atoms with E-state index in [0.717, 1.165) is 35.7 Å². The highest BCUT2D eigenvalue weighted by molar-refractivity contribution is 7.11. The van der Waals surface area contributed by atoms with Crippen molar-refractivity contribution in [1.82, 2.24) is 10.3 Å². The summed E-state index contributed by atoms with van der Waals surface area (Å²) in [5.74, 6) is -0.168. The van der Waals surface area contributed by atoms with E-state index in [1.807, 2.05) is 13.0 Å². The van der Waals surface area contributed by atoms with Crippen LogP contribution in [-0.4, -0.2) is 17.6 Å². The lowest BCUT2D eigenvalue weighted by atomic mass is 10.0. The number of aryl methyl sites for hydroxylation is 2. The highest BCUT2D eigenvalue weighted by Crippen LogP contribution is 2.19. The molecule has 1 aromatic heterocycles. The lowest BCUT2D eigenvalue weighted by molar-refractivity contribution is 0.518. The van der Waals surface area contributed by atoms with Crippen molar-refractivity contribution in [1.29, 1.82) is 0 Å². The number of aromatic nitrogens is 1. The van der Waals surface area contributed by atoms with E-state index in [4.69, 9.17) is 0 Å². The third-order valence-corrected chi connectivity index (χ3v) is 4.45. The number of halogens is 1. The molecule has 0 spiro atoms. The molecule has 0 radical (unpaired) electrons. The number of nitrogens with one attached hydrogen (secondary N) is 1. The van der Waals surface area contributed by atoms with E-state index >= 15 is 0 Å². The van der Waals surface area contributed by atoms with Gasteiger partial charge in [-0.2, -0.15) is 0 Å². The van der Waals surface area contributed by atoms with Crippen molar-refractivity contribution in [3.05, 3.63) is 51.2 Å². The van der Waals surface area contributed by atoms with E-state index in [1.54, 1.807) is 23.5 Å². The Balaban J connectivity index is 2.06. The molecule has 0 aliphatic rings. The molecule has 0 fully saturated rings. The lowest BCUT2D eigenvalue weighted by Gasteiger charge is -2.16. The molecule has 0 saturated heterocycles. The predicted octanol–water partition coefficient (Wildman–Crippen LogP) is 3.66. The highest BCUT2D eigenvalue weighted by atomic mass is 32.1. The van der Waals surface area contributed by atoms with Gasteiger partial charge in [-0.25, -0.2) is 9.37 Å². The van der Waals surface area contributed by atoms with Crippen LogP contribution in [-0.2, 0) is 12.8 Å². The zero-order chi connectivity index (χ0) is 14.5. The molecule has 1 heterocycles. The molecule has 0 aliphatic heterocycles. The summed E-state index contributed by atoms with van der Waals surface area (Å²) in [7, 11) is 0. The van der Waals surface area contributed by atoms with Crippen LogP contribution in [0.1, 0.15) is 28.1 Å². The van der Waals surface area contributed by atoms with Gasteiger partial charge in [-0.1, -0.05) is 19.1 Å². The summed E-state index contributed by atoms with van der Waals surface area (Å²) in [6, 6.07) is 7.14. The van der Waals surface area contributed by atoms with E-state index in [2.05, 4.69) is 24.1 Å². The van der Waals surface area contributed by atoms with Crippen molar-refractivity contribution in [3.8, 4) is 0 Å². The number of hydrogen-bond donors (Lipinski definition) is 1. The molecule has 1 N–H and O–H groups in total. The van der Waals surface area contributed by atoms with Crippen LogP contribution in [0.3, 0.4) is 0 Å². The van der Waals surface area contributed by atoms with Crippen LogP contribution >= 0.6 is 11.3 Å². The number of hydrogen-bond acceptors (Lipinski definition) is 3. The molecule has 0 amide bonds.